The molecule has 0 radical (unpaired) electrons. The lowest BCUT2D eigenvalue weighted by Gasteiger charge is -2.27. The maximum absolute atomic E-state index is 2.39. The van der Waals surface area contributed by atoms with Gasteiger partial charge in [0.25, 0.3) is 0 Å². The normalized spacial score (nSPS) is 11.5. The van der Waals surface area contributed by atoms with Gasteiger partial charge in [-0.1, -0.05) is 146 Å². The predicted octanol–water partition coefficient (Wildman–Crippen LogP) is 13.1. The summed E-state index contributed by atoms with van der Waals surface area (Å²) in [6.45, 7) is 4.46. The molecule has 49 heavy (non-hydrogen) atoms. The van der Waals surface area contributed by atoms with E-state index in [1.54, 1.807) is 0 Å². The topological polar surface area (TPSA) is 3.24 Å². The molecule has 0 aliphatic heterocycles. The minimum atomic E-state index is 1.02. The Morgan fingerprint density at radius 1 is 0.367 bits per heavy atom. The summed E-state index contributed by atoms with van der Waals surface area (Å²) in [4.78, 5) is 2.39. The summed E-state index contributed by atoms with van der Waals surface area (Å²) in [6, 6.07) is 59.0. The van der Waals surface area contributed by atoms with E-state index in [4.69, 9.17) is 0 Å². The highest BCUT2D eigenvalue weighted by Gasteiger charge is 2.15. The van der Waals surface area contributed by atoms with Crippen molar-refractivity contribution in [1.82, 2.24) is 0 Å². The van der Waals surface area contributed by atoms with Gasteiger partial charge >= 0.3 is 0 Å². The number of aryl methyl sites for hydroxylation is 4. The summed E-state index contributed by atoms with van der Waals surface area (Å²) in [5.41, 5.74) is 13.5. The molecule has 0 aliphatic carbocycles. The molecule has 7 rings (SSSR count). The molecule has 1 heteroatoms. The van der Waals surface area contributed by atoms with Crippen LogP contribution < -0.4 is 4.90 Å². The van der Waals surface area contributed by atoms with E-state index in [1.807, 2.05) is 0 Å². The van der Waals surface area contributed by atoms with Crippen molar-refractivity contribution < 1.29 is 0 Å². The van der Waals surface area contributed by atoms with Crippen molar-refractivity contribution in [3.05, 3.63) is 208 Å². The molecule has 0 amide bonds. The van der Waals surface area contributed by atoms with E-state index in [0.29, 0.717) is 0 Å². The molecule has 7 aromatic rings. The SMILES string of the molecule is Cc1cc(N(c2ccc(/C=C/c3ccccc3)cc2)c2ccc(CCc3ccccc3)cc2)cc2c(C)cc(/C=C/c3ccccc3)cc12. The number of hydrogen-bond donors (Lipinski definition) is 0. The van der Waals surface area contributed by atoms with E-state index >= 15 is 0 Å². The summed E-state index contributed by atoms with van der Waals surface area (Å²) in [6.07, 6.45) is 10.8. The van der Waals surface area contributed by atoms with E-state index in [1.165, 1.54) is 55.3 Å². The molecule has 0 N–H and O–H groups in total. The number of fused-ring (bicyclic) bond motifs is 1. The smallest absolute Gasteiger partial charge is 0.0470 e. The van der Waals surface area contributed by atoms with Crippen LogP contribution in [0.5, 0.6) is 0 Å². The second kappa shape index (κ2) is 14.9. The average Bonchev–Trinajstić information content (AvgIpc) is 3.15. The van der Waals surface area contributed by atoms with Crippen LogP contribution in [-0.2, 0) is 12.8 Å². The van der Waals surface area contributed by atoms with Gasteiger partial charge in [0.2, 0.25) is 0 Å². The Bertz CT molecular complexity index is 2190. The molecule has 0 fully saturated rings. The second-order valence-electron chi connectivity index (χ2n) is 12.8. The van der Waals surface area contributed by atoms with E-state index < -0.39 is 0 Å². The van der Waals surface area contributed by atoms with Crippen molar-refractivity contribution in [3.8, 4) is 0 Å². The third kappa shape index (κ3) is 7.80. The van der Waals surface area contributed by atoms with Gasteiger partial charge in [0.05, 0.1) is 0 Å². The zero-order valence-electron chi connectivity index (χ0n) is 28.3. The first-order valence-electron chi connectivity index (χ1n) is 17.1. The van der Waals surface area contributed by atoms with Crippen LogP contribution >= 0.6 is 0 Å². The van der Waals surface area contributed by atoms with E-state index in [9.17, 15) is 0 Å². The quantitative estimate of drug-likeness (QED) is 0.136. The molecule has 238 valence electrons. The maximum Gasteiger partial charge on any atom is 0.0470 e. The lowest BCUT2D eigenvalue weighted by Crippen LogP contribution is -2.10. The van der Waals surface area contributed by atoms with Gasteiger partial charge in [-0.15, -0.1) is 0 Å². The van der Waals surface area contributed by atoms with E-state index in [-0.39, 0.29) is 0 Å². The fourth-order valence-corrected chi connectivity index (χ4v) is 6.50. The van der Waals surface area contributed by atoms with Crippen LogP contribution in [0.1, 0.15) is 44.5 Å². The highest BCUT2D eigenvalue weighted by molar-refractivity contribution is 5.95. The molecular weight excluding hydrogens is 591 g/mol. The van der Waals surface area contributed by atoms with Crippen molar-refractivity contribution in [2.24, 2.45) is 0 Å². The van der Waals surface area contributed by atoms with Crippen molar-refractivity contribution in [3.63, 3.8) is 0 Å². The first-order valence-corrected chi connectivity index (χ1v) is 17.1. The molecule has 0 unspecified atom stereocenters. The monoisotopic (exact) mass is 631 g/mol. The highest BCUT2D eigenvalue weighted by atomic mass is 15.1. The number of benzene rings is 7. The number of rotatable bonds is 10. The van der Waals surface area contributed by atoms with Crippen LogP contribution in [0.4, 0.5) is 17.1 Å². The second-order valence-corrected chi connectivity index (χ2v) is 12.8. The summed E-state index contributed by atoms with van der Waals surface area (Å²) in [7, 11) is 0. The molecule has 0 aromatic heterocycles. The molecular formula is C48H41N. The third-order valence-corrected chi connectivity index (χ3v) is 9.18. The molecule has 1 nitrogen and oxygen atoms in total. The Kier molecular flexibility index (Phi) is 9.62. The molecule has 0 heterocycles. The minimum Gasteiger partial charge on any atom is -0.310 e. The first kappa shape index (κ1) is 31.7. The van der Waals surface area contributed by atoms with Crippen LogP contribution in [0.2, 0.25) is 0 Å². The van der Waals surface area contributed by atoms with Crippen molar-refractivity contribution in [2.45, 2.75) is 26.7 Å². The van der Waals surface area contributed by atoms with Gasteiger partial charge in [0.1, 0.15) is 0 Å². The van der Waals surface area contributed by atoms with E-state index in [0.717, 1.165) is 29.9 Å². The minimum absolute atomic E-state index is 1.02. The van der Waals surface area contributed by atoms with E-state index in [2.05, 4.69) is 207 Å². The fourth-order valence-electron chi connectivity index (χ4n) is 6.50. The zero-order chi connectivity index (χ0) is 33.4. The van der Waals surface area contributed by atoms with Gasteiger partial charge in [0.15, 0.2) is 0 Å². The number of anilines is 3. The van der Waals surface area contributed by atoms with Crippen LogP contribution in [0.25, 0.3) is 35.1 Å². The van der Waals surface area contributed by atoms with Crippen molar-refractivity contribution in [2.75, 3.05) is 4.90 Å². The molecule has 0 bridgehead atoms. The van der Waals surface area contributed by atoms with Crippen LogP contribution in [0.15, 0.2) is 164 Å². The molecule has 0 saturated heterocycles. The number of hydrogen-bond acceptors (Lipinski definition) is 1. The lowest BCUT2D eigenvalue weighted by molar-refractivity contribution is 0.960. The Morgan fingerprint density at radius 2 is 0.796 bits per heavy atom. The average molecular weight is 632 g/mol. The Balaban J connectivity index is 1.23. The molecule has 7 aromatic carbocycles. The van der Waals surface area contributed by atoms with Crippen LogP contribution in [-0.4, -0.2) is 0 Å². The maximum atomic E-state index is 2.39. The van der Waals surface area contributed by atoms with Gasteiger partial charge in [-0.3, -0.25) is 0 Å². The van der Waals surface area contributed by atoms with Gasteiger partial charge in [0, 0.05) is 17.1 Å². The third-order valence-electron chi connectivity index (χ3n) is 9.18. The summed E-state index contributed by atoms with van der Waals surface area (Å²) in [5, 5.41) is 2.56. The summed E-state index contributed by atoms with van der Waals surface area (Å²) < 4.78 is 0. The van der Waals surface area contributed by atoms with Gasteiger partial charge in [-0.2, -0.15) is 0 Å². The summed E-state index contributed by atoms with van der Waals surface area (Å²) >= 11 is 0. The van der Waals surface area contributed by atoms with Gasteiger partial charge in [-0.05, 0) is 124 Å². The zero-order valence-corrected chi connectivity index (χ0v) is 28.3. The molecule has 0 spiro atoms. The van der Waals surface area contributed by atoms with Gasteiger partial charge < -0.3 is 4.90 Å². The first-order chi connectivity index (χ1) is 24.1. The largest absolute Gasteiger partial charge is 0.310 e. The Labute approximate surface area is 291 Å². The van der Waals surface area contributed by atoms with Crippen LogP contribution in [0, 0.1) is 13.8 Å². The lowest BCUT2D eigenvalue weighted by atomic mass is 9.96. The standard InChI is InChI=1S/C48H41N/c1-36-32-43(23-22-40-16-10-5-11-17-40)34-47-37(2)33-46(35-48(36)47)49(44-28-24-41(25-29-44)20-18-38-12-6-3-7-13-38)45-30-26-42(27-31-45)21-19-39-14-8-4-9-15-39/h3-18,20,22-35H,19,21H2,1-2H3/b20-18+,23-22+. The van der Waals surface area contributed by atoms with Crippen molar-refractivity contribution in [1.29, 1.82) is 0 Å². The van der Waals surface area contributed by atoms with Crippen molar-refractivity contribution >= 4 is 52.1 Å². The predicted molar refractivity (Wildman–Crippen MR) is 213 cm³/mol. The molecule has 0 atom stereocenters. The Morgan fingerprint density at radius 3 is 1.37 bits per heavy atom. The summed E-state index contributed by atoms with van der Waals surface area (Å²) in [5.74, 6) is 0. The molecule has 0 saturated carbocycles. The Hall–Kier alpha value is -5.92. The van der Waals surface area contributed by atoms with Crippen LogP contribution in [0.3, 0.4) is 0 Å². The fraction of sp³-hybridized carbons (Fsp3) is 0.0833. The molecule has 0 aliphatic rings. The highest BCUT2D eigenvalue weighted by Crippen LogP contribution is 2.39. The van der Waals surface area contributed by atoms with Gasteiger partial charge in [-0.25, -0.2) is 0 Å². The number of nitrogens with zero attached hydrogens (tertiary/aromatic N) is 1.